The van der Waals surface area contributed by atoms with Gasteiger partial charge < -0.3 is 5.73 Å². The normalized spacial score (nSPS) is 13.0. The van der Waals surface area contributed by atoms with E-state index in [0.717, 1.165) is 0 Å². The second-order valence-corrected chi connectivity index (χ2v) is 3.27. The topological polar surface area (TPSA) is 26.0 Å². The summed E-state index contributed by atoms with van der Waals surface area (Å²) in [6.07, 6.45) is 0. The van der Waals surface area contributed by atoms with Crippen molar-refractivity contribution in [1.82, 2.24) is 0 Å². The standard InChI is InChI=1S/C8H8Cl2FN/c9-5-1-2-6(7(10)3-5)8(12)4-11/h1-3,8H,4,12H2. The van der Waals surface area contributed by atoms with Crippen LogP contribution in [0.25, 0.3) is 0 Å². The van der Waals surface area contributed by atoms with E-state index in [1.54, 1.807) is 18.2 Å². The quantitative estimate of drug-likeness (QED) is 0.794. The van der Waals surface area contributed by atoms with Crippen LogP contribution in [0.3, 0.4) is 0 Å². The lowest BCUT2D eigenvalue weighted by atomic mass is 10.1. The van der Waals surface area contributed by atoms with E-state index in [0.29, 0.717) is 15.6 Å². The van der Waals surface area contributed by atoms with Crippen molar-refractivity contribution in [3.8, 4) is 0 Å². The number of benzene rings is 1. The highest BCUT2D eigenvalue weighted by Crippen LogP contribution is 2.25. The molecule has 1 nitrogen and oxygen atoms in total. The number of halogens is 3. The second kappa shape index (κ2) is 4.08. The van der Waals surface area contributed by atoms with Crippen LogP contribution in [0.15, 0.2) is 18.2 Å². The molecular formula is C8H8Cl2FN. The Balaban J connectivity index is 3.01. The molecule has 0 fully saturated rings. The van der Waals surface area contributed by atoms with Crippen LogP contribution in [-0.2, 0) is 0 Å². The summed E-state index contributed by atoms with van der Waals surface area (Å²) in [5, 5.41) is 0.933. The minimum atomic E-state index is -0.658. The van der Waals surface area contributed by atoms with Gasteiger partial charge in [0.1, 0.15) is 6.67 Å². The van der Waals surface area contributed by atoms with Gasteiger partial charge in [0.05, 0.1) is 6.04 Å². The van der Waals surface area contributed by atoms with Gasteiger partial charge in [-0.1, -0.05) is 29.3 Å². The van der Waals surface area contributed by atoms with Crippen LogP contribution >= 0.6 is 23.2 Å². The molecule has 1 atom stereocenters. The zero-order valence-corrected chi connectivity index (χ0v) is 7.74. The van der Waals surface area contributed by atoms with Crippen LogP contribution in [0.4, 0.5) is 4.39 Å². The van der Waals surface area contributed by atoms with Crippen molar-refractivity contribution < 1.29 is 4.39 Å². The Bertz CT molecular complexity index is 278. The van der Waals surface area contributed by atoms with E-state index in [1.807, 2.05) is 0 Å². The summed E-state index contributed by atoms with van der Waals surface area (Å²) in [6, 6.07) is 4.16. The average molecular weight is 208 g/mol. The summed E-state index contributed by atoms with van der Waals surface area (Å²) < 4.78 is 12.1. The van der Waals surface area contributed by atoms with Crippen molar-refractivity contribution in [1.29, 1.82) is 0 Å². The van der Waals surface area contributed by atoms with Crippen LogP contribution in [0.5, 0.6) is 0 Å². The summed E-state index contributed by atoms with van der Waals surface area (Å²) in [5.41, 5.74) is 6.03. The molecule has 0 aliphatic heterocycles. The number of hydrogen-bond acceptors (Lipinski definition) is 1. The van der Waals surface area contributed by atoms with E-state index in [-0.39, 0.29) is 0 Å². The second-order valence-electron chi connectivity index (χ2n) is 2.43. The third kappa shape index (κ3) is 2.09. The predicted molar refractivity (Wildman–Crippen MR) is 49.4 cm³/mol. The highest BCUT2D eigenvalue weighted by molar-refractivity contribution is 6.35. The predicted octanol–water partition coefficient (Wildman–Crippen LogP) is 2.96. The van der Waals surface area contributed by atoms with Gasteiger partial charge in [-0.25, -0.2) is 4.39 Å². The molecule has 0 heterocycles. The number of nitrogens with two attached hydrogens (primary N) is 1. The van der Waals surface area contributed by atoms with Crippen LogP contribution in [0, 0.1) is 0 Å². The van der Waals surface area contributed by atoms with Crippen molar-refractivity contribution in [3.63, 3.8) is 0 Å². The molecule has 1 aromatic carbocycles. The summed E-state index contributed by atoms with van der Waals surface area (Å²) in [4.78, 5) is 0. The van der Waals surface area contributed by atoms with E-state index in [2.05, 4.69) is 0 Å². The van der Waals surface area contributed by atoms with Crippen molar-refractivity contribution in [2.45, 2.75) is 6.04 Å². The number of rotatable bonds is 2. The van der Waals surface area contributed by atoms with Gasteiger partial charge in [-0.15, -0.1) is 0 Å². The fourth-order valence-corrected chi connectivity index (χ4v) is 1.43. The van der Waals surface area contributed by atoms with Gasteiger partial charge in [-0.05, 0) is 17.7 Å². The molecule has 4 heteroatoms. The average Bonchev–Trinajstić information content (AvgIpc) is 2.03. The lowest BCUT2D eigenvalue weighted by Crippen LogP contribution is -2.12. The Morgan fingerprint density at radius 2 is 2.08 bits per heavy atom. The summed E-state index contributed by atoms with van der Waals surface area (Å²) in [6.45, 7) is -0.624. The third-order valence-electron chi connectivity index (χ3n) is 1.53. The fourth-order valence-electron chi connectivity index (χ4n) is 0.885. The van der Waals surface area contributed by atoms with E-state index in [1.165, 1.54) is 0 Å². The first-order valence-corrected chi connectivity index (χ1v) is 4.17. The molecule has 0 spiro atoms. The van der Waals surface area contributed by atoms with Crippen LogP contribution in [-0.4, -0.2) is 6.67 Å². The Kier molecular flexibility index (Phi) is 3.32. The molecule has 0 aromatic heterocycles. The Hall–Kier alpha value is -0.310. The van der Waals surface area contributed by atoms with Crippen LogP contribution < -0.4 is 5.73 Å². The largest absolute Gasteiger partial charge is 0.322 e. The summed E-state index contributed by atoms with van der Waals surface area (Å²) in [5.74, 6) is 0. The van der Waals surface area contributed by atoms with Crippen molar-refractivity contribution >= 4 is 23.2 Å². The minimum Gasteiger partial charge on any atom is -0.322 e. The molecule has 0 saturated carbocycles. The molecule has 0 radical (unpaired) electrons. The molecule has 12 heavy (non-hydrogen) atoms. The number of hydrogen-bond donors (Lipinski definition) is 1. The molecule has 0 aliphatic carbocycles. The van der Waals surface area contributed by atoms with Gasteiger partial charge in [-0.3, -0.25) is 0 Å². The van der Waals surface area contributed by atoms with Crippen molar-refractivity contribution in [3.05, 3.63) is 33.8 Å². The van der Waals surface area contributed by atoms with Gasteiger partial charge in [0.15, 0.2) is 0 Å². The van der Waals surface area contributed by atoms with Crippen LogP contribution in [0.2, 0.25) is 10.0 Å². The maximum atomic E-state index is 12.1. The Labute approximate surface area is 80.3 Å². The molecular weight excluding hydrogens is 200 g/mol. The van der Waals surface area contributed by atoms with Crippen molar-refractivity contribution in [2.24, 2.45) is 5.73 Å². The molecule has 0 amide bonds. The van der Waals surface area contributed by atoms with Gasteiger partial charge >= 0.3 is 0 Å². The maximum Gasteiger partial charge on any atom is 0.109 e. The zero-order chi connectivity index (χ0) is 9.14. The monoisotopic (exact) mass is 207 g/mol. The Morgan fingerprint density at radius 3 is 2.58 bits per heavy atom. The summed E-state index contributed by atoms with van der Waals surface area (Å²) >= 11 is 11.4. The van der Waals surface area contributed by atoms with Crippen LogP contribution in [0.1, 0.15) is 11.6 Å². The smallest absolute Gasteiger partial charge is 0.109 e. The lowest BCUT2D eigenvalue weighted by Gasteiger charge is -2.09. The van der Waals surface area contributed by atoms with E-state index < -0.39 is 12.7 Å². The molecule has 1 rings (SSSR count). The van der Waals surface area contributed by atoms with Gasteiger partial charge in [0, 0.05) is 10.0 Å². The molecule has 2 N–H and O–H groups in total. The maximum absolute atomic E-state index is 12.1. The molecule has 1 aromatic rings. The van der Waals surface area contributed by atoms with Crippen molar-refractivity contribution in [2.75, 3.05) is 6.67 Å². The van der Waals surface area contributed by atoms with Gasteiger partial charge in [0.25, 0.3) is 0 Å². The van der Waals surface area contributed by atoms with E-state index >= 15 is 0 Å². The third-order valence-corrected chi connectivity index (χ3v) is 2.09. The first kappa shape index (κ1) is 9.78. The fraction of sp³-hybridized carbons (Fsp3) is 0.250. The molecule has 0 bridgehead atoms. The molecule has 66 valence electrons. The van der Waals surface area contributed by atoms with E-state index in [4.69, 9.17) is 28.9 Å². The van der Waals surface area contributed by atoms with Gasteiger partial charge in [-0.2, -0.15) is 0 Å². The van der Waals surface area contributed by atoms with E-state index in [9.17, 15) is 4.39 Å². The minimum absolute atomic E-state index is 0.410. The SMILES string of the molecule is NC(CF)c1ccc(Cl)cc1Cl. The molecule has 0 saturated heterocycles. The first-order valence-electron chi connectivity index (χ1n) is 3.41. The molecule has 1 unspecified atom stereocenters. The number of alkyl halides is 1. The summed E-state index contributed by atoms with van der Waals surface area (Å²) in [7, 11) is 0. The zero-order valence-electron chi connectivity index (χ0n) is 6.23. The lowest BCUT2D eigenvalue weighted by molar-refractivity contribution is 0.437. The highest BCUT2D eigenvalue weighted by Gasteiger charge is 2.09. The Morgan fingerprint density at radius 1 is 1.42 bits per heavy atom. The molecule has 0 aliphatic rings. The first-order chi connectivity index (χ1) is 5.65. The van der Waals surface area contributed by atoms with Gasteiger partial charge in [0.2, 0.25) is 0 Å². The highest BCUT2D eigenvalue weighted by atomic mass is 35.5.